The van der Waals surface area contributed by atoms with Gasteiger partial charge in [-0.15, -0.1) is 11.3 Å². The molecule has 2 aromatic rings. The van der Waals surface area contributed by atoms with Crippen molar-refractivity contribution in [2.45, 2.75) is 31.9 Å². The van der Waals surface area contributed by atoms with E-state index in [4.69, 9.17) is 4.74 Å². The van der Waals surface area contributed by atoms with Gasteiger partial charge in [0.25, 0.3) is 0 Å². The predicted octanol–water partition coefficient (Wildman–Crippen LogP) is 3.10. The van der Waals surface area contributed by atoms with Gasteiger partial charge in [0.15, 0.2) is 0 Å². The van der Waals surface area contributed by atoms with Crippen LogP contribution < -0.4 is 4.90 Å². The highest BCUT2D eigenvalue weighted by Crippen LogP contribution is 2.33. The van der Waals surface area contributed by atoms with Crippen molar-refractivity contribution in [1.82, 2.24) is 14.9 Å². The summed E-state index contributed by atoms with van der Waals surface area (Å²) in [7, 11) is 0. The van der Waals surface area contributed by atoms with Gasteiger partial charge in [-0.05, 0) is 37.5 Å². The largest absolute Gasteiger partial charge is 0.373 e. The Kier molecular flexibility index (Phi) is 5.06. The molecule has 2 fully saturated rings. The van der Waals surface area contributed by atoms with Gasteiger partial charge in [-0.2, -0.15) is 0 Å². The number of anilines is 1. The zero-order valence-electron chi connectivity index (χ0n) is 13.9. The molecule has 0 aromatic carbocycles. The minimum Gasteiger partial charge on any atom is -0.373 e. The lowest BCUT2D eigenvalue weighted by atomic mass is 10.2. The molecule has 1 atom stereocenters. The van der Waals surface area contributed by atoms with Gasteiger partial charge in [0.05, 0.1) is 6.10 Å². The van der Waals surface area contributed by atoms with Crippen LogP contribution in [-0.4, -0.2) is 47.7 Å². The Morgan fingerprint density at radius 1 is 1.08 bits per heavy atom. The molecule has 0 N–H and O–H groups in total. The summed E-state index contributed by atoms with van der Waals surface area (Å²) in [6, 6.07) is 6.42. The first-order valence-corrected chi connectivity index (χ1v) is 9.65. The summed E-state index contributed by atoms with van der Waals surface area (Å²) >= 11 is 1.92. The van der Waals surface area contributed by atoms with Gasteiger partial charge in [0.2, 0.25) is 5.95 Å². The molecule has 0 bridgehead atoms. The summed E-state index contributed by atoms with van der Waals surface area (Å²) in [5.74, 6) is 0.858. The molecule has 5 nitrogen and oxygen atoms in total. The number of aromatic nitrogens is 2. The van der Waals surface area contributed by atoms with E-state index < -0.39 is 0 Å². The van der Waals surface area contributed by atoms with Gasteiger partial charge >= 0.3 is 0 Å². The minimum absolute atomic E-state index is 0.346. The molecule has 0 aliphatic carbocycles. The van der Waals surface area contributed by atoms with Gasteiger partial charge in [-0.25, -0.2) is 9.97 Å². The molecule has 0 saturated carbocycles. The Bertz CT molecular complexity index is 641. The van der Waals surface area contributed by atoms with E-state index in [9.17, 15) is 0 Å². The second-order valence-electron chi connectivity index (χ2n) is 6.47. The molecular weight excluding hydrogens is 320 g/mol. The van der Waals surface area contributed by atoms with Crippen LogP contribution in [0.15, 0.2) is 30.6 Å². The molecule has 2 aliphatic rings. The summed E-state index contributed by atoms with van der Waals surface area (Å²) < 4.78 is 5.80. The summed E-state index contributed by atoms with van der Waals surface area (Å²) in [6.07, 6.45) is 7.52. The van der Waals surface area contributed by atoms with Crippen molar-refractivity contribution in [2.24, 2.45) is 0 Å². The smallest absolute Gasteiger partial charge is 0.225 e. The SMILES string of the molecule is c1cnc(N2CCCN(Cc3ccc(C4CCCO4)s3)CC2)nc1. The van der Waals surface area contributed by atoms with Crippen molar-refractivity contribution < 1.29 is 4.74 Å². The predicted molar refractivity (Wildman–Crippen MR) is 96.4 cm³/mol. The summed E-state index contributed by atoms with van der Waals surface area (Å²) in [6.45, 7) is 6.18. The van der Waals surface area contributed by atoms with Crippen LogP contribution in [0.5, 0.6) is 0 Å². The zero-order valence-corrected chi connectivity index (χ0v) is 14.7. The van der Waals surface area contributed by atoms with Crippen molar-refractivity contribution in [1.29, 1.82) is 0 Å². The van der Waals surface area contributed by atoms with E-state index in [1.165, 1.54) is 22.6 Å². The standard InChI is InChI=1S/C18H24N4OS/c1-4-16(23-13-1)17-6-5-15(24-17)14-21-9-3-10-22(12-11-21)18-19-7-2-8-20-18/h2,5-8,16H,1,3-4,9-14H2. The first kappa shape index (κ1) is 16.0. The van der Waals surface area contributed by atoms with E-state index in [1.807, 2.05) is 29.8 Å². The maximum atomic E-state index is 5.80. The van der Waals surface area contributed by atoms with Crippen molar-refractivity contribution in [3.8, 4) is 0 Å². The number of rotatable bonds is 4. The fourth-order valence-corrected chi connectivity index (χ4v) is 4.60. The molecule has 4 heterocycles. The maximum absolute atomic E-state index is 5.80. The van der Waals surface area contributed by atoms with Gasteiger partial charge in [-0.3, -0.25) is 4.90 Å². The number of hydrogen-bond acceptors (Lipinski definition) is 6. The van der Waals surface area contributed by atoms with E-state index in [1.54, 1.807) is 0 Å². The fourth-order valence-electron chi connectivity index (χ4n) is 3.46. The first-order valence-electron chi connectivity index (χ1n) is 8.83. The average Bonchev–Trinajstić information content (AvgIpc) is 3.25. The van der Waals surface area contributed by atoms with E-state index in [2.05, 4.69) is 31.9 Å². The maximum Gasteiger partial charge on any atom is 0.225 e. The van der Waals surface area contributed by atoms with Gasteiger partial charge in [0, 0.05) is 61.5 Å². The van der Waals surface area contributed by atoms with Crippen molar-refractivity contribution in [2.75, 3.05) is 37.7 Å². The van der Waals surface area contributed by atoms with E-state index in [0.717, 1.165) is 51.7 Å². The number of thiophene rings is 1. The third-order valence-corrected chi connectivity index (χ3v) is 5.89. The Morgan fingerprint density at radius 2 is 2.00 bits per heavy atom. The molecule has 128 valence electrons. The second-order valence-corrected chi connectivity index (χ2v) is 7.67. The van der Waals surface area contributed by atoms with E-state index in [0.29, 0.717) is 6.10 Å². The normalized spacial score (nSPS) is 22.7. The van der Waals surface area contributed by atoms with Gasteiger partial charge < -0.3 is 9.64 Å². The number of hydrogen-bond donors (Lipinski definition) is 0. The highest BCUT2D eigenvalue weighted by atomic mass is 32.1. The van der Waals surface area contributed by atoms with Crippen LogP contribution in [0.4, 0.5) is 5.95 Å². The average molecular weight is 344 g/mol. The van der Waals surface area contributed by atoms with Crippen LogP contribution in [0.1, 0.15) is 35.1 Å². The summed E-state index contributed by atoms with van der Waals surface area (Å²) in [4.78, 5) is 16.5. The second kappa shape index (κ2) is 7.59. The molecule has 24 heavy (non-hydrogen) atoms. The van der Waals surface area contributed by atoms with Crippen molar-refractivity contribution in [3.05, 3.63) is 40.3 Å². The molecule has 2 aliphatic heterocycles. The van der Waals surface area contributed by atoms with Crippen LogP contribution in [-0.2, 0) is 11.3 Å². The van der Waals surface area contributed by atoms with Crippen molar-refractivity contribution in [3.63, 3.8) is 0 Å². The Hall–Kier alpha value is -1.50. The number of ether oxygens (including phenoxy) is 1. The molecule has 0 radical (unpaired) electrons. The molecule has 4 rings (SSSR count). The Balaban J connectivity index is 1.34. The molecule has 1 unspecified atom stereocenters. The lowest BCUT2D eigenvalue weighted by Crippen LogP contribution is -2.31. The van der Waals surface area contributed by atoms with Gasteiger partial charge in [-0.1, -0.05) is 0 Å². The lowest BCUT2D eigenvalue weighted by molar-refractivity contribution is 0.114. The van der Waals surface area contributed by atoms with E-state index in [-0.39, 0.29) is 0 Å². The third-order valence-electron chi connectivity index (χ3n) is 4.73. The lowest BCUT2D eigenvalue weighted by Gasteiger charge is -2.21. The third kappa shape index (κ3) is 3.77. The Morgan fingerprint density at radius 3 is 2.83 bits per heavy atom. The van der Waals surface area contributed by atoms with E-state index >= 15 is 0 Å². The highest BCUT2D eigenvalue weighted by molar-refractivity contribution is 7.12. The molecule has 2 aromatic heterocycles. The summed E-state index contributed by atoms with van der Waals surface area (Å²) in [5, 5.41) is 0. The van der Waals surface area contributed by atoms with Crippen LogP contribution in [0.2, 0.25) is 0 Å². The monoisotopic (exact) mass is 344 g/mol. The first-order chi connectivity index (χ1) is 11.9. The van der Waals surface area contributed by atoms with Gasteiger partial charge in [0.1, 0.15) is 0 Å². The van der Waals surface area contributed by atoms with Crippen LogP contribution in [0.25, 0.3) is 0 Å². The quantitative estimate of drug-likeness (QED) is 0.852. The Labute approximate surface area is 147 Å². The molecule has 0 spiro atoms. The molecule has 2 saturated heterocycles. The molecule has 6 heteroatoms. The molecule has 0 amide bonds. The highest BCUT2D eigenvalue weighted by Gasteiger charge is 2.21. The summed E-state index contributed by atoms with van der Waals surface area (Å²) in [5.41, 5.74) is 0. The topological polar surface area (TPSA) is 41.5 Å². The zero-order chi connectivity index (χ0) is 16.2. The fraction of sp³-hybridized carbons (Fsp3) is 0.556. The molecular formula is C18H24N4OS. The number of nitrogens with zero attached hydrogens (tertiary/aromatic N) is 4. The van der Waals surface area contributed by atoms with Crippen LogP contribution in [0, 0.1) is 0 Å². The van der Waals surface area contributed by atoms with Crippen LogP contribution >= 0.6 is 11.3 Å². The minimum atomic E-state index is 0.346. The van der Waals surface area contributed by atoms with Crippen molar-refractivity contribution >= 4 is 17.3 Å². The van der Waals surface area contributed by atoms with Crippen LogP contribution in [0.3, 0.4) is 0 Å².